The SMILES string of the molecule is CC1=CC(C)(S(=O)(=O)NN)ON1. The van der Waals surface area contributed by atoms with Gasteiger partial charge in [-0.15, -0.1) is 0 Å². The van der Waals surface area contributed by atoms with Gasteiger partial charge in [0.2, 0.25) is 4.93 Å². The molecule has 0 bridgehead atoms. The topological polar surface area (TPSA) is 93.5 Å². The number of hydrogen-bond acceptors (Lipinski definition) is 5. The lowest BCUT2D eigenvalue weighted by Gasteiger charge is -2.18. The van der Waals surface area contributed by atoms with Crippen molar-refractivity contribution in [1.29, 1.82) is 0 Å². The van der Waals surface area contributed by atoms with Crippen molar-refractivity contribution in [2.24, 2.45) is 5.84 Å². The summed E-state index contributed by atoms with van der Waals surface area (Å²) in [5.41, 5.74) is 3.07. The van der Waals surface area contributed by atoms with Crippen LogP contribution in [0.2, 0.25) is 0 Å². The van der Waals surface area contributed by atoms with E-state index in [1.54, 1.807) is 11.8 Å². The largest absolute Gasteiger partial charge is 0.269 e. The Bertz CT molecular complexity index is 310. The van der Waals surface area contributed by atoms with E-state index in [1.165, 1.54) is 13.0 Å². The molecule has 0 spiro atoms. The normalized spacial score (nSPS) is 29.8. The first kappa shape index (κ1) is 9.46. The van der Waals surface area contributed by atoms with Crippen LogP contribution in [0.1, 0.15) is 13.8 Å². The van der Waals surface area contributed by atoms with Gasteiger partial charge in [0.25, 0.3) is 10.0 Å². The van der Waals surface area contributed by atoms with Crippen LogP contribution in [0.5, 0.6) is 0 Å². The Kier molecular flexibility index (Phi) is 2.13. The first-order valence-corrected chi connectivity index (χ1v) is 4.75. The van der Waals surface area contributed by atoms with E-state index >= 15 is 0 Å². The van der Waals surface area contributed by atoms with Crippen LogP contribution < -0.4 is 16.2 Å². The molecule has 0 aromatic carbocycles. The number of nitrogens with one attached hydrogen (secondary N) is 2. The minimum atomic E-state index is -3.66. The Morgan fingerprint density at radius 3 is 2.67 bits per heavy atom. The zero-order valence-electron chi connectivity index (χ0n) is 6.79. The minimum absolute atomic E-state index is 0.635. The van der Waals surface area contributed by atoms with Crippen molar-refractivity contribution in [3.8, 4) is 0 Å². The maximum Gasteiger partial charge on any atom is 0.260 e. The molecule has 1 heterocycles. The number of nitrogens with two attached hydrogens (primary N) is 1. The summed E-state index contributed by atoms with van der Waals surface area (Å²) < 4.78 is 22.4. The number of sulfonamides is 1. The Hall–Kier alpha value is -0.630. The summed E-state index contributed by atoms with van der Waals surface area (Å²) in [5, 5.41) is 0. The fourth-order valence-corrected chi connectivity index (χ4v) is 1.60. The van der Waals surface area contributed by atoms with Crippen molar-refractivity contribution >= 4 is 10.0 Å². The summed E-state index contributed by atoms with van der Waals surface area (Å²) in [4.78, 5) is 5.12. The number of hydroxylamine groups is 1. The highest BCUT2D eigenvalue weighted by atomic mass is 32.2. The first-order valence-electron chi connectivity index (χ1n) is 3.27. The molecule has 7 heteroatoms. The van der Waals surface area contributed by atoms with Crippen LogP contribution >= 0.6 is 0 Å². The number of hydrazine groups is 1. The molecule has 1 aliphatic heterocycles. The highest BCUT2D eigenvalue weighted by molar-refractivity contribution is 7.90. The second-order valence-corrected chi connectivity index (χ2v) is 4.72. The Morgan fingerprint density at radius 1 is 1.75 bits per heavy atom. The Labute approximate surface area is 70.7 Å². The fourth-order valence-electron chi connectivity index (χ4n) is 0.883. The summed E-state index contributed by atoms with van der Waals surface area (Å²) in [5.74, 6) is 4.84. The molecule has 6 nitrogen and oxygen atoms in total. The minimum Gasteiger partial charge on any atom is -0.269 e. The van der Waals surface area contributed by atoms with Crippen LogP contribution in [0.3, 0.4) is 0 Å². The summed E-state index contributed by atoms with van der Waals surface area (Å²) >= 11 is 0. The van der Waals surface area contributed by atoms with Crippen LogP contribution in [0.15, 0.2) is 11.8 Å². The van der Waals surface area contributed by atoms with Crippen LogP contribution in [0.25, 0.3) is 0 Å². The van der Waals surface area contributed by atoms with Gasteiger partial charge in [0.1, 0.15) is 0 Å². The van der Waals surface area contributed by atoms with Crippen molar-refractivity contribution in [1.82, 2.24) is 10.3 Å². The molecular weight excluding hydrogens is 182 g/mol. The summed E-state index contributed by atoms with van der Waals surface area (Å²) in [7, 11) is -3.66. The molecular formula is C5H11N3O3S. The van der Waals surface area contributed by atoms with Gasteiger partial charge in [0.05, 0.1) is 0 Å². The van der Waals surface area contributed by atoms with E-state index in [0.29, 0.717) is 5.70 Å². The molecule has 0 saturated heterocycles. The molecule has 4 N–H and O–H groups in total. The van der Waals surface area contributed by atoms with Gasteiger partial charge >= 0.3 is 0 Å². The average molecular weight is 193 g/mol. The van der Waals surface area contributed by atoms with Crippen LogP contribution in [-0.4, -0.2) is 13.4 Å². The lowest BCUT2D eigenvalue weighted by atomic mass is 10.3. The number of rotatable bonds is 2. The second-order valence-electron chi connectivity index (χ2n) is 2.67. The molecule has 70 valence electrons. The molecule has 1 rings (SSSR count). The Morgan fingerprint density at radius 2 is 2.33 bits per heavy atom. The third-order valence-electron chi connectivity index (χ3n) is 1.58. The van der Waals surface area contributed by atoms with Gasteiger partial charge in [0, 0.05) is 5.70 Å². The average Bonchev–Trinajstić information content (AvgIpc) is 2.33. The van der Waals surface area contributed by atoms with Gasteiger partial charge < -0.3 is 0 Å². The van der Waals surface area contributed by atoms with E-state index in [-0.39, 0.29) is 0 Å². The number of allylic oxidation sites excluding steroid dienone is 1. The molecule has 1 atom stereocenters. The third kappa shape index (κ3) is 1.31. The summed E-state index contributed by atoms with van der Waals surface area (Å²) in [6.07, 6.45) is 1.43. The highest BCUT2D eigenvalue weighted by Crippen LogP contribution is 2.23. The first-order chi connectivity index (χ1) is 5.41. The zero-order valence-corrected chi connectivity index (χ0v) is 7.60. The molecule has 12 heavy (non-hydrogen) atoms. The van der Waals surface area contributed by atoms with Crippen molar-refractivity contribution in [2.75, 3.05) is 0 Å². The molecule has 0 fully saturated rings. The predicted molar refractivity (Wildman–Crippen MR) is 42.6 cm³/mol. The van der Waals surface area contributed by atoms with Crippen molar-refractivity contribution in [2.45, 2.75) is 18.8 Å². The lowest BCUT2D eigenvalue weighted by Crippen LogP contribution is -2.46. The lowest BCUT2D eigenvalue weighted by molar-refractivity contribution is 0.0239. The zero-order chi connectivity index (χ0) is 9.41. The summed E-state index contributed by atoms with van der Waals surface area (Å²) in [6, 6.07) is 0. The molecule has 0 aromatic heterocycles. The number of hydrogen-bond donors (Lipinski definition) is 3. The van der Waals surface area contributed by atoms with Crippen molar-refractivity contribution in [3.05, 3.63) is 11.8 Å². The maximum atomic E-state index is 11.2. The van der Waals surface area contributed by atoms with Gasteiger partial charge in [-0.1, -0.05) is 0 Å². The monoisotopic (exact) mass is 193 g/mol. The molecule has 0 aromatic rings. The van der Waals surface area contributed by atoms with Crippen LogP contribution in [0.4, 0.5) is 0 Å². The molecule has 0 radical (unpaired) electrons. The van der Waals surface area contributed by atoms with Gasteiger partial charge in [-0.2, -0.15) is 4.83 Å². The fraction of sp³-hybridized carbons (Fsp3) is 0.600. The van der Waals surface area contributed by atoms with E-state index in [4.69, 9.17) is 10.7 Å². The summed E-state index contributed by atoms with van der Waals surface area (Å²) in [6.45, 7) is 3.09. The molecule has 0 saturated carbocycles. The van der Waals surface area contributed by atoms with E-state index < -0.39 is 15.0 Å². The molecule has 0 aliphatic carbocycles. The van der Waals surface area contributed by atoms with E-state index in [9.17, 15) is 8.42 Å². The second kappa shape index (κ2) is 2.70. The van der Waals surface area contributed by atoms with Gasteiger partial charge in [0.15, 0.2) is 0 Å². The van der Waals surface area contributed by atoms with Gasteiger partial charge in [-0.05, 0) is 19.9 Å². The van der Waals surface area contributed by atoms with Gasteiger partial charge in [-0.3, -0.25) is 11.3 Å². The molecule has 0 amide bonds. The quantitative estimate of drug-likeness (QED) is 0.383. The van der Waals surface area contributed by atoms with Crippen LogP contribution in [-0.2, 0) is 14.9 Å². The van der Waals surface area contributed by atoms with E-state index in [2.05, 4.69) is 5.48 Å². The third-order valence-corrected chi connectivity index (χ3v) is 3.16. The van der Waals surface area contributed by atoms with Crippen molar-refractivity contribution < 1.29 is 13.3 Å². The highest BCUT2D eigenvalue weighted by Gasteiger charge is 2.42. The standard InChI is InChI=1S/C5H11N3O3S/c1-4-3-5(2,11-7-4)12(9,10)8-6/h3,7-8H,6H2,1-2H3. The smallest absolute Gasteiger partial charge is 0.260 e. The maximum absolute atomic E-state index is 11.2. The molecule has 1 aliphatic rings. The van der Waals surface area contributed by atoms with E-state index in [1.807, 2.05) is 0 Å². The molecule has 1 unspecified atom stereocenters. The van der Waals surface area contributed by atoms with Crippen molar-refractivity contribution in [3.63, 3.8) is 0 Å². The Balaban J connectivity index is 3.04. The van der Waals surface area contributed by atoms with E-state index in [0.717, 1.165) is 0 Å². The van der Waals surface area contributed by atoms with Crippen LogP contribution in [0, 0.1) is 0 Å². The van der Waals surface area contributed by atoms with Gasteiger partial charge in [-0.25, -0.2) is 13.3 Å². The predicted octanol–water partition coefficient (Wildman–Crippen LogP) is -1.07.